The summed E-state index contributed by atoms with van der Waals surface area (Å²) in [7, 11) is 2.13. The second kappa shape index (κ2) is 8.10. The molecule has 2 aromatic carbocycles. The molecule has 1 aliphatic rings. The summed E-state index contributed by atoms with van der Waals surface area (Å²) in [5.74, 6) is -0.284. The number of aliphatic hydroxyl groups is 1. The van der Waals surface area contributed by atoms with Crippen molar-refractivity contribution in [2.75, 3.05) is 13.6 Å². The van der Waals surface area contributed by atoms with Gasteiger partial charge in [-0.3, -0.25) is 0 Å². The van der Waals surface area contributed by atoms with Crippen molar-refractivity contribution in [3.8, 4) is 0 Å². The van der Waals surface area contributed by atoms with Crippen molar-refractivity contribution in [1.82, 2.24) is 9.47 Å². The molecule has 0 bridgehead atoms. The van der Waals surface area contributed by atoms with Gasteiger partial charge in [0.2, 0.25) is 0 Å². The molecule has 1 atom stereocenters. The first-order valence-electron chi connectivity index (χ1n) is 10.4. The zero-order valence-corrected chi connectivity index (χ0v) is 17.8. The van der Waals surface area contributed by atoms with Crippen LogP contribution in [0.5, 0.6) is 0 Å². The first-order chi connectivity index (χ1) is 13.9. The molecule has 0 unspecified atom stereocenters. The SMILES string of the molecule is CCCC[C@@](O)(Cn1c2c(c3cc(Cl)ccc31)CN(C)CC2)c1ccc(F)cc1. The zero-order valence-electron chi connectivity index (χ0n) is 17.1. The van der Waals surface area contributed by atoms with Gasteiger partial charge in [0.1, 0.15) is 11.4 Å². The third-order valence-corrected chi connectivity index (χ3v) is 6.39. The molecule has 4 rings (SSSR count). The van der Waals surface area contributed by atoms with Crippen LogP contribution in [0, 0.1) is 5.82 Å². The van der Waals surface area contributed by atoms with Crippen LogP contribution in [0.1, 0.15) is 43.0 Å². The highest BCUT2D eigenvalue weighted by atomic mass is 35.5. The van der Waals surface area contributed by atoms with E-state index in [0.29, 0.717) is 13.0 Å². The Morgan fingerprint density at radius 3 is 2.66 bits per heavy atom. The zero-order chi connectivity index (χ0) is 20.6. The van der Waals surface area contributed by atoms with E-state index in [2.05, 4.69) is 29.5 Å². The molecule has 0 saturated heterocycles. The lowest BCUT2D eigenvalue weighted by molar-refractivity contribution is 0.00772. The van der Waals surface area contributed by atoms with Gasteiger partial charge >= 0.3 is 0 Å². The standard InChI is InChI=1S/C24H28ClFN2O/c1-3-4-12-24(29,17-5-8-19(26)9-6-17)16-28-22-10-7-18(25)14-20(22)21-15-27(2)13-11-23(21)28/h5-10,14,29H,3-4,11-13,15-16H2,1-2H3/t24-/m1/s1. The van der Waals surface area contributed by atoms with E-state index in [1.165, 1.54) is 23.4 Å². The highest BCUT2D eigenvalue weighted by Crippen LogP contribution is 2.37. The van der Waals surface area contributed by atoms with E-state index in [1.54, 1.807) is 12.1 Å². The number of unbranched alkanes of at least 4 members (excludes halogenated alkanes) is 1. The fourth-order valence-corrected chi connectivity index (χ4v) is 4.72. The minimum atomic E-state index is -1.05. The van der Waals surface area contributed by atoms with Crippen LogP contribution >= 0.6 is 11.6 Å². The maximum atomic E-state index is 13.5. The third kappa shape index (κ3) is 3.94. The molecule has 0 saturated carbocycles. The Balaban J connectivity index is 1.83. The monoisotopic (exact) mass is 414 g/mol. The van der Waals surface area contributed by atoms with Gasteiger partial charge in [0.25, 0.3) is 0 Å². The lowest BCUT2D eigenvalue weighted by atomic mass is 9.88. The Labute approximate surface area is 176 Å². The summed E-state index contributed by atoms with van der Waals surface area (Å²) in [6, 6.07) is 12.3. The van der Waals surface area contributed by atoms with Crippen LogP contribution in [-0.2, 0) is 25.1 Å². The lowest BCUT2D eigenvalue weighted by Crippen LogP contribution is -2.34. The van der Waals surface area contributed by atoms with Gasteiger partial charge in [0, 0.05) is 41.1 Å². The maximum absolute atomic E-state index is 13.5. The minimum Gasteiger partial charge on any atom is -0.383 e. The Morgan fingerprint density at radius 1 is 1.17 bits per heavy atom. The van der Waals surface area contributed by atoms with E-state index in [4.69, 9.17) is 11.6 Å². The van der Waals surface area contributed by atoms with E-state index in [0.717, 1.165) is 53.8 Å². The summed E-state index contributed by atoms with van der Waals surface area (Å²) in [5, 5.41) is 13.7. The molecule has 2 heterocycles. The Kier molecular flexibility index (Phi) is 5.69. The van der Waals surface area contributed by atoms with Crippen molar-refractivity contribution < 1.29 is 9.50 Å². The molecule has 0 radical (unpaired) electrons. The van der Waals surface area contributed by atoms with Crippen LogP contribution in [0.3, 0.4) is 0 Å². The average molecular weight is 415 g/mol. The fraction of sp³-hybridized carbons (Fsp3) is 0.417. The topological polar surface area (TPSA) is 28.4 Å². The van der Waals surface area contributed by atoms with Gasteiger partial charge in [-0.15, -0.1) is 0 Å². The van der Waals surface area contributed by atoms with Gasteiger partial charge in [-0.25, -0.2) is 4.39 Å². The molecule has 0 amide bonds. The highest BCUT2D eigenvalue weighted by molar-refractivity contribution is 6.31. The Bertz CT molecular complexity index is 1010. The van der Waals surface area contributed by atoms with E-state index in [-0.39, 0.29) is 5.82 Å². The molecule has 0 spiro atoms. The molecule has 5 heteroatoms. The molecular formula is C24H28ClFN2O. The van der Waals surface area contributed by atoms with Crippen LogP contribution in [0.4, 0.5) is 4.39 Å². The summed E-state index contributed by atoms with van der Waals surface area (Å²) < 4.78 is 15.8. The molecule has 154 valence electrons. The summed E-state index contributed by atoms with van der Waals surface area (Å²) in [6.07, 6.45) is 3.47. The maximum Gasteiger partial charge on any atom is 0.123 e. The Morgan fingerprint density at radius 2 is 1.93 bits per heavy atom. The van der Waals surface area contributed by atoms with E-state index in [1.807, 2.05) is 12.1 Å². The van der Waals surface area contributed by atoms with Crippen LogP contribution in [0.15, 0.2) is 42.5 Å². The van der Waals surface area contributed by atoms with Crippen LogP contribution in [0.25, 0.3) is 10.9 Å². The van der Waals surface area contributed by atoms with Crippen LogP contribution < -0.4 is 0 Å². The molecule has 3 aromatic rings. The predicted molar refractivity (Wildman–Crippen MR) is 117 cm³/mol. The van der Waals surface area contributed by atoms with Crippen LogP contribution in [-0.4, -0.2) is 28.2 Å². The van der Waals surface area contributed by atoms with Gasteiger partial charge in [-0.2, -0.15) is 0 Å². The van der Waals surface area contributed by atoms with Gasteiger partial charge in [-0.05, 0) is 54.9 Å². The summed E-state index contributed by atoms with van der Waals surface area (Å²) in [6.45, 7) is 4.44. The van der Waals surface area contributed by atoms with Gasteiger partial charge in [-0.1, -0.05) is 43.5 Å². The number of fused-ring (bicyclic) bond motifs is 3. The van der Waals surface area contributed by atoms with Crippen molar-refractivity contribution in [2.24, 2.45) is 0 Å². The summed E-state index contributed by atoms with van der Waals surface area (Å²) in [5.41, 5.74) is 3.40. The number of rotatable bonds is 6. The molecule has 3 nitrogen and oxygen atoms in total. The highest BCUT2D eigenvalue weighted by Gasteiger charge is 2.32. The quantitative estimate of drug-likeness (QED) is 0.576. The second-order valence-electron chi connectivity index (χ2n) is 8.30. The molecule has 1 N–H and O–H groups in total. The number of benzene rings is 2. The normalized spacial score (nSPS) is 16.7. The number of likely N-dealkylation sites (N-methyl/N-ethyl adjacent to an activating group) is 1. The second-order valence-corrected chi connectivity index (χ2v) is 8.74. The predicted octanol–water partition coefficient (Wildman–Crippen LogP) is 5.50. The molecular weight excluding hydrogens is 387 g/mol. The van der Waals surface area contributed by atoms with Gasteiger partial charge in [0.15, 0.2) is 0 Å². The minimum absolute atomic E-state index is 0.284. The number of halogens is 2. The number of nitrogens with zero attached hydrogens (tertiary/aromatic N) is 2. The lowest BCUT2D eigenvalue weighted by Gasteiger charge is -2.32. The molecule has 1 aromatic heterocycles. The van der Waals surface area contributed by atoms with Crippen molar-refractivity contribution >= 4 is 22.5 Å². The van der Waals surface area contributed by atoms with Crippen molar-refractivity contribution in [1.29, 1.82) is 0 Å². The van der Waals surface area contributed by atoms with Crippen LogP contribution in [0.2, 0.25) is 5.02 Å². The molecule has 0 fully saturated rings. The van der Waals surface area contributed by atoms with E-state index >= 15 is 0 Å². The van der Waals surface area contributed by atoms with E-state index < -0.39 is 5.60 Å². The summed E-state index contributed by atoms with van der Waals surface area (Å²) in [4.78, 5) is 2.32. The summed E-state index contributed by atoms with van der Waals surface area (Å²) >= 11 is 6.31. The molecule has 29 heavy (non-hydrogen) atoms. The van der Waals surface area contributed by atoms with E-state index in [9.17, 15) is 9.50 Å². The smallest absolute Gasteiger partial charge is 0.123 e. The first-order valence-corrected chi connectivity index (χ1v) is 10.8. The Hall–Kier alpha value is -1.88. The molecule has 1 aliphatic heterocycles. The molecule has 0 aliphatic carbocycles. The first kappa shape index (κ1) is 20.4. The third-order valence-electron chi connectivity index (χ3n) is 6.15. The fourth-order valence-electron chi connectivity index (χ4n) is 4.54. The number of aromatic nitrogens is 1. The van der Waals surface area contributed by atoms with Crippen molar-refractivity contribution in [2.45, 2.75) is 51.3 Å². The van der Waals surface area contributed by atoms with Gasteiger partial charge < -0.3 is 14.6 Å². The average Bonchev–Trinajstić information content (AvgIpc) is 2.99. The number of hydrogen-bond donors (Lipinski definition) is 1. The van der Waals surface area contributed by atoms with Gasteiger partial charge in [0.05, 0.1) is 6.54 Å². The van der Waals surface area contributed by atoms with Crippen molar-refractivity contribution in [3.05, 3.63) is 70.1 Å². The number of hydrogen-bond acceptors (Lipinski definition) is 2. The largest absolute Gasteiger partial charge is 0.383 e. The van der Waals surface area contributed by atoms with Crippen molar-refractivity contribution in [3.63, 3.8) is 0 Å².